The van der Waals surface area contributed by atoms with Crippen LogP contribution in [0.1, 0.15) is 24.8 Å². The number of carbonyl (C=O) groups is 1. The van der Waals surface area contributed by atoms with Gasteiger partial charge in [-0.3, -0.25) is 9.69 Å². The van der Waals surface area contributed by atoms with E-state index >= 15 is 0 Å². The molecule has 0 radical (unpaired) electrons. The summed E-state index contributed by atoms with van der Waals surface area (Å²) in [6, 6.07) is 4.08. The third kappa shape index (κ3) is 4.05. The van der Waals surface area contributed by atoms with Crippen LogP contribution in [-0.4, -0.2) is 73.7 Å². The van der Waals surface area contributed by atoms with Crippen molar-refractivity contribution >= 4 is 11.7 Å². The van der Waals surface area contributed by atoms with E-state index in [0.717, 1.165) is 44.8 Å². The number of pyridine rings is 1. The van der Waals surface area contributed by atoms with E-state index in [1.165, 1.54) is 12.0 Å². The molecule has 0 bridgehead atoms. The van der Waals surface area contributed by atoms with Crippen LogP contribution in [0.25, 0.3) is 0 Å². The summed E-state index contributed by atoms with van der Waals surface area (Å²) in [6.07, 6.45) is 4.96. The Labute approximate surface area is 144 Å². The van der Waals surface area contributed by atoms with Crippen LogP contribution in [0.5, 0.6) is 0 Å². The number of hydrogen-bond donors (Lipinski definition) is 0. The monoisotopic (exact) mass is 332 g/mol. The van der Waals surface area contributed by atoms with Gasteiger partial charge in [-0.1, -0.05) is 6.07 Å². The lowest BCUT2D eigenvalue weighted by Crippen LogP contribution is -2.51. The minimum atomic E-state index is -0.323. The Balaban J connectivity index is 1.62. The molecule has 3 rings (SSSR count). The normalized spacial score (nSPS) is 22.4. The van der Waals surface area contributed by atoms with Gasteiger partial charge in [-0.2, -0.15) is 0 Å². The minimum Gasteiger partial charge on any atom is -0.366 e. The summed E-state index contributed by atoms with van der Waals surface area (Å²) in [7, 11) is 4.02. The van der Waals surface area contributed by atoms with E-state index in [-0.39, 0.29) is 12.0 Å². The maximum absolute atomic E-state index is 12.7. The van der Waals surface area contributed by atoms with Crippen LogP contribution in [0.3, 0.4) is 0 Å². The largest absolute Gasteiger partial charge is 0.366 e. The number of likely N-dealkylation sites (tertiary alicyclic amines) is 1. The Hall–Kier alpha value is -1.66. The molecule has 0 unspecified atom stereocenters. The number of ether oxygens (including phenoxy) is 1. The molecule has 2 saturated heterocycles. The molecule has 2 fully saturated rings. The molecule has 2 aliphatic rings. The van der Waals surface area contributed by atoms with Gasteiger partial charge < -0.3 is 14.5 Å². The summed E-state index contributed by atoms with van der Waals surface area (Å²) in [6.45, 7) is 4.69. The first kappa shape index (κ1) is 17.2. The molecule has 2 aliphatic heterocycles. The number of rotatable bonds is 4. The molecule has 1 atom stereocenters. The molecule has 0 aromatic carbocycles. The average molecular weight is 332 g/mol. The molecule has 1 aromatic rings. The summed E-state index contributed by atoms with van der Waals surface area (Å²) in [5.74, 6) is 1.15. The topological polar surface area (TPSA) is 48.9 Å². The second-order valence-electron chi connectivity index (χ2n) is 6.86. The molecule has 6 nitrogen and oxygen atoms in total. The first-order chi connectivity index (χ1) is 11.6. The molecule has 0 N–H and O–H groups in total. The van der Waals surface area contributed by atoms with E-state index in [1.54, 1.807) is 0 Å². The zero-order valence-corrected chi connectivity index (χ0v) is 14.8. The van der Waals surface area contributed by atoms with E-state index in [2.05, 4.69) is 16.0 Å². The number of carbonyl (C=O) groups excluding carboxylic acids is 1. The lowest BCUT2D eigenvalue weighted by atomic mass is 10.1. The number of aromatic nitrogens is 1. The quantitative estimate of drug-likeness (QED) is 0.833. The van der Waals surface area contributed by atoms with Crippen LogP contribution < -0.4 is 4.90 Å². The third-order valence-corrected chi connectivity index (χ3v) is 4.78. The predicted molar refractivity (Wildman–Crippen MR) is 94.0 cm³/mol. The predicted octanol–water partition coefficient (Wildman–Crippen LogP) is 1.36. The van der Waals surface area contributed by atoms with Crippen molar-refractivity contribution in [2.45, 2.75) is 31.9 Å². The van der Waals surface area contributed by atoms with Crippen LogP contribution in [0, 0.1) is 0 Å². The molecule has 0 saturated carbocycles. The van der Waals surface area contributed by atoms with Crippen molar-refractivity contribution in [1.82, 2.24) is 14.8 Å². The van der Waals surface area contributed by atoms with E-state index in [1.807, 2.05) is 36.2 Å². The molecule has 132 valence electrons. The molecule has 3 heterocycles. The fourth-order valence-electron chi connectivity index (χ4n) is 3.51. The third-order valence-electron chi connectivity index (χ3n) is 4.78. The van der Waals surface area contributed by atoms with Gasteiger partial charge in [0.25, 0.3) is 5.91 Å². The highest BCUT2D eigenvalue weighted by Crippen LogP contribution is 2.19. The minimum absolute atomic E-state index is 0.165. The maximum atomic E-state index is 12.7. The SMILES string of the molecule is CN(C)c1ncccc1CN1CCO[C@@H](C(=O)N2CCCCC2)C1. The van der Waals surface area contributed by atoms with Gasteiger partial charge in [0.05, 0.1) is 6.61 Å². The lowest BCUT2D eigenvalue weighted by Gasteiger charge is -2.36. The zero-order chi connectivity index (χ0) is 16.9. The van der Waals surface area contributed by atoms with Crippen molar-refractivity contribution in [1.29, 1.82) is 0 Å². The van der Waals surface area contributed by atoms with Gasteiger partial charge in [-0.05, 0) is 25.3 Å². The first-order valence-corrected chi connectivity index (χ1v) is 8.89. The molecular formula is C18H28N4O2. The van der Waals surface area contributed by atoms with Gasteiger partial charge >= 0.3 is 0 Å². The van der Waals surface area contributed by atoms with Crippen molar-refractivity contribution in [3.05, 3.63) is 23.9 Å². The van der Waals surface area contributed by atoms with E-state index in [4.69, 9.17) is 4.74 Å². The number of hydrogen-bond acceptors (Lipinski definition) is 5. The van der Waals surface area contributed by atoms with Crippen LogP contribution in [0.2, 0.25) is 0 Å². The van der Waals surface area contributed by atoms with Gasteiger partial charge in [0.15, 0.2) is 0 Å². The van der Waals surface area contributed by atoms with Crippen LogP contribution >= 0.6 is 0 Å². The molecule has 0 spiro atoms. The van der Waals surface area contributed by atoms with Crippen LogP contribution in [0.15, 0.2) is 18.3 Å². The molecule has 1 amide bonds. The number of anilines is 1. The first-order valence-electron chi connectivity index (χ1n) is 8.89. The Kier molecular flexibility index (Phi) is 5.68. The van der Waals surface area contributed by atoms with E-state index < -0.39 is 0 Å². The number of amides is 1. The summed E-state index contributed by atoms with van der Waals surface area (Å²) < 4.78 is 5.78. The molecule has 1 aromatic heterocycles. The Morgan fingerprint density at radius 2 is 2.08 bits per heavy atom. The molecule has 24 heavy (non-hydrogen) atoms. The highest BCUT2D eigenvalue weighted by Gasteiger charge is 2.31. The van der Waals surface area contributed by atoms with Gasteiger partial charge in [0, 0.05) is 58.6 Å². The van der Waals surface area contributed by atoms with Crippen molar-refractivity contribution in [2.24, 2.45) is 0 Å². The molecular weight excluding hydrogens is 304 g/mol. The van der Waals surface area contributed by atoms with E-state index in [0.29, 0.717) is 13.2 Å². The Morgan fingerprint density at radius 3 is 2.83 bits per heavy atom. The fourth-order valence-corrected chi connectivity index (χ4v) is 3.51. The zero-order valence-electron chi connectivity index (χ0n) is 14.8. The summed E-state index contributed by atoms with van der Waals surface area (Å²) in [5, 5.41) is 0. The summed E-state index contributed by atoms with van der Waals surface area (Å²) in [4.78, 5) is 23.5. The van der Waals surface area contributed by atoms with Crippen LogP contribution in [0.4, 0.5) is 5.82 Å². The average Bonchev–Trinajstić information content (AvgIpc) is 2.62. The lowest BCUT2D eigenvalue weighted by molar-refractivity contribution is -0.150. The number of piperidine rings is 1. The Morgan fingerprint density at radius 1 is 1.29 bits per heavy atom. The van der Waals surface area contributed by atoms with Gasteiger partial charge in [-0.15, -0.1) is 0 Å². The smallest absolute Gasteiger partial charge is 0.253 e. The fraction of sp³-hybridized carbons (Fsp3) is 0.667. The highest BCUT2D eigenvalue weighted by atomic mass is 16.5. The molecule has 0 aliphatic carbocycles. The van der Waals surface area contributed by atoms with Crippen LogP contribution in [-0.2, 0) is 16.1 Å². The second-order valence-corrected chi connectivity index (χ2v) is 6.86. The standard InChI is InChI=1S/C18H28N4O2/c1-20(2)17-15(7-6-8-19-17)13-21-11-12-24-16(14-21)18(23)22-9-4-3-5-10-22/h6-8,16H,3-5,9-14H2,1-2H3/t16-/m1/s1. The maximum Gasteiger partial charge on any atom is 0.253 e. The van der Waals surface area contributed by atoms with Crippen molar-refractivity contribution in [2.75, 3.05) is 51.8 Å². The van der Waals surface area contributed by atoms with Crippen molar-refractivity contribution in [3.63, 3.8) is 0 Å². The summed E-state index contributed by atoms with van der Waals surface area (Å²) >= 11 is 0. The molecule has 6 heteroatoms. The van der Waals surface area contributed by atoms with Gasteiger partial charge in [-0.25, -0.2) is 4.98 Å². The van der Waals surface area contributed by atoms with Crippen molar-refractivity contribution < 1.29 is 9.53 Å². The Bertz CT molecular complexity index is 558. The number of morpholine rings is 1. The van der Waals surface area contributed by atoms with E-state index in [9.17, 15) is 4.79 Å². The van der Waals surface area contributed by atoms with Gasteiger partial charge in [0.2, 0.25) is 0 Å². The second kappa shape index (κ2) is 7.94. The van der Waals surface area contributed by atoms with Gasteiger partial charge in [0.1, 0.15) is 11.9 Å². The highest BCUT2D eigenvalue weighted by molar-refractivity contribution is 5.81. The number of nitrogens with zero attached hydrogens (tertiary/aromatic N) is 4. The summed E-state index contributed by atoms with van der Waals surface area (Å²) in [5.41, 5.74) is 1.19. The van der Waals surface area contributed by atoms with Crippen molar-refractivity contribution in [3.8, 4) is 0 Å².